The van der Waals surface area contributed by atoms with Gasteiger partial charge < -0.3 is 9.64 Å². The first-order valence-corrected chi connectivity index (χ1v) is 7.89. The molecule has 1 atom stereocenters. The van der Waals surface area contributed by atoms with Crippen molar-refractivity contribution in [3.05, 3.63) is 46.7 Å². The summed E-state index contributed by atoms with van der Waals surface area (Å²) in [6, 6.07) is 6.25. The van der Waals surface area contributed by atoms with Gasteiger partial charge in [0.15, 0.2) is 11.2 Å². The van der Waals surface area contributed by atoms with Crippen LogP contribution in [-0.2, 0) is 14.3 Å². The van der Waals surface area contributed by atoms with Gasteiger partial charge in [0.1, 0.15) is 5.70 Å². The minimum Gasteiger partial charge on any atom is -0.465 e. The van der Waals surface area contributed by atoms with Crippen LogP contribution in [0.25, 0.3) is 0 Å². The molecule has 1 amide bonds. The van der Waals surface area contributed by atoms with Crippen LogP contribution in [0.3, 0.4) is 0 Å². The Hall–Kier alpha value is -2.47. The second-order valence-corrected chi connectivity index (χ2v) is 5.82. The summed E-state index contributed by atoms with van der Waals surface area (Å²) in [6.45, 7) is 1.61. The third-order valence-corrected chi connectivity index (χ3v) is 4.75. The highest BCUT2D eigenvalue weighted by molar-refractivity contribution is 6.36. The Bertz CT molecular complexity index is 828. The Balaban J connectivity index is 2.30. The molecule has 1 unspecified atom stereocenters. The molecule has 1 aliphatic heterocycles. The number of carbonyl (C=O) groups is 4. The molecule has 1 aliphatic carbocycles. The van der Waals surface area contributed by atoms with E-state index >= 15 is 0 Å². The van der Waals surface area contributed by atoms with E-state index in [4.69, 9.17) is 16.3 Å². The van der Waals surface area contributed by atoms with Crippen molar-refractivity contribution in [1.82, 2.24) is 4.90 Å². The van der Waals surface area contributed by atoms with Gasteiger partial charge in [-0.1, -0.05) is 24.3 Å². The normalized spacial score (nSPS) is 22.6. The van der Waals surface area contributed by atoms with E-state index in [0.29, 0.717) is 0 Å². The Kier molecular flexibility index (Phi) is 3.80. The average molecular weight is 348 g/mol. The van der Waals surface area contributed by atoms with E-state index in [1.165, 1.54) is 19.2 Å². The molecule has 0 fully saturated rings. The number of esters is 1. The Morgan fingerprint density at radius 2 is 1.75 bits per heavy atom. The van der Waals surface area contributed by atoms with Gasteiger partial charge in [-0.3, -0.25) is 19.2 Å². The molecule has 1 aromatic rings. The number of rotatable bonds is 3. The van der Waals surface area contributed by atoms with Crippen LogP contribution in [0, 0.1) is 5.41 Å². The van der Waals surface area contributed by atoms with E-state index in [2.05, 4.69) is 0 Å². The number of benzene rings is 1. The molecule has 1 aromatic carbocycles. The topological polar surface area (TPSA) is 80.8 Å². The lowest BCUT2D eigenvalue weighted by atomic mass is 9.75. The number of Topliss-reactive ketones (excluding diaryl/α,β-unsaturated/α-hetero) is 2. The van der Waals surface area contributed by atoms with Crippen LogP contribution in [-0.4, -0.2) is 47.9 Å². The van der Waals surface area contributed by atoms with E-state index in [0.717, 1.165) is 4.90 Å². The highest BCUT2D eigenvalue weighted by Gasteiger charge is 2.62. The smallest absolute Gasteiger partial charge is 0.327 e. The largest absolute Gasteiger partial charge is 0.465 e. The number of allylic oxidation sites excluding steroid dienone is 1. The van der Waals surface area contributed by atoms with Crippen LogP contribution in [0.2, 0.25) is 0 Å². The number of nitrogens with zero attached hydrogens (tertiary/aromatic N) is 1. The molecule has 24 heavy (non-hydrogen) atoms. The molecule has 2 aliphatic rings. The fraction of sp³-hybridized carbons (Fsp3) is 0.294. The molecule has 0 aromatic heterocycles. The van der Waals surface area contributed by atoms with Gasteiger partial charge in [-0.25, -0.2) is 0 Å². The number of ketones is 2. The van der Waals surface area contributed by atoms with Crippen LogP contribution in [0.15, 0.2) is 35.5 Å². The summed E-state index contributed by atoms with van der Waals surface area (Å²) in [5, 5.41) is 0. The molecule has 1 heterocycles. The maximum absolute atomic E-state index is 13.0. The van der Waals surface area contributed by atoms with E-state index in [1.54, 1.807) is 19.1 Å². The van der Waals surface area contributed by atoms with Gasteiger partial charge in [-0.2, -0.15) is 0 Å². The van der Waals surface area contributed by atoms with Gasteiger partial charge in [-0.15, -0.1) is 11.6 Å². The second kappa shape index (κ2) is 5.56. The summed E-state index contributed by atoms with van der Waals surface area (Å²) in [6.07, 6.45) is 0. The zero-order valence-electron chi connectivity index (χ0n) is 13.1. The highest BCUT2D eigenvalue weighted by Crippen LogP contribution is 2.46. The molecular weight excluding hydrogens is 334 g/mol. The number of alkyl halides is 1. The molecule has 7 heteroatoms. The van der Waals surface area contributed by atoms with Crippen LogP contribution < -0.4 is 0 Å². The van der Waals surface area contributed by atoms with Gasteiger partial charge in [0.05, 0.1) is 18.1 Å². The zero-order chi connectivity index (χ0) is 17.6. The van der Waals surface area contributed by atoms with Crippen molar-refractivity contribution in [2.45, 2.75) is 6.92 Å². The Morgan fingerprint density at radius 3 is 2.29 bits per heavy atom. The van der Waals surface area contributed by atoms with Crippen LogP contribution in [0.1, 0.15) is 27.6 Å². The molecule has 0 saturated carbocycles. The number of hydrogen-bond donors (Lipinski definition) is 0. The predicted molar refractivity (Wildman–Crippen MR) is 84.7 cm³/mol. The van der Waals surface area contributed by atoms with Crippen molar-refractivity contribution in [2.24, 2.45) is 5.41 Å². The van der Waals surface area contributed by atoms with Crippen molar-refractivity contribution >= 4 is 35.0 Å². The maximum Gasteiger partial charge on any atom is 0.327 e. The molecule has 124 valence electrons. The first-order valence-electron chi connectivity index (χ1n) is 7.36. The lowest BCUT2D eigenvalue weighted by Crippen LogP contribution is -2.46. The minimum absolute atomic E-state index is 0.0236. The highest BCUT2D eigenvalue weighted by atomic mass is 35.5. The maximum atomic E-state index is 13.0. The number of carbonyl (C=O) groups excluding carboxylic acids is 4. The summed E-state index contributed by atoms with van der Waals surface area (Å²) in [4.78, 5) is 52.1. The average Bonchev–Trinajstić information content (AvgIpc) is 2.82. The van der Waals surface area contributed by atoms with Gasteiger partial charge >= 0.3 is 5.97 Å². The third kappa shape index (κ3) is 1.83. The third-order valence-electron chi connectivity index (χ3n) is 4.35. The molecular formula is C17H14ClNO5. The molecule has 6 nitrogen and oxygen atoms in total. The Morgan fingerprint density at radius 1 is 1.17 bits per heavy atom. The van der Waals surface area contributed by atoms with Gasteiger partial charge in [0.25, 0.3) is 0 Å². The fourth-order valence-corrected chi connectivity index (χ4v) is 3.55. The number of halogens is 1. The van der Waals surface area contributed by atoms with E-state index in [-0.39, 0.29) is 29.0 Å². The van der Waals surface area contributed by atoms with Crippen LogP contribution >= 0.6 is 11.6 Å². The van der Waals surface area contributed by atoms with Crippen molar-refractivity contribution in [2.75, 3.05) is 19.5 Å². The lowest BCUT2D eigenvalue weighted by molar-refractivity contribution is -0.157. The predicted octanol–water partition coefficient (Wildman–Crippen LogP) is 1.58. The van der Waals surface area contributed by atoms with E-state index in [1.807, 2.05) is 0 Å². The number of ether oxygens (including phenoxy) is 1. The van der Waals surface area contributed by atoms with E-state index < -0.39 is 34.7 Å². The molecule has 3 rings (SSSR count). The van der Waals surface area contributed by atoms with Crippen molar-refractivity contribution < 1.29 is 23.9 Å². The molecule has 0 radical (unpaired) electrons. The number of hydrogen-bond acceptors (Lipinski definition) is 5. The summed E-state index contributed by atoms with van der Waals surface area (Å²) < 4.78 is 4.99. The fourth-order valence-electron chi connectivity index (χ4n) is 3.20. The Labute approximate surface area is 143 Å². The van der Waals surface area contributed by atoms with Gasteiger partial charge in [0.2, 0.25) is 11.7 Å². The number of likely N-dealkylation sites (N-methyl/N-ethyl adjacent to an activating group) is 1. The summed E-state index contributed by atoms with van der Waals surface area (Å²) in [7, 11) is 1.35. The molecule has 0 bridgehead atoms. The standard InChI is InChI=1S/C17H14ClNO5/c1-3-24-16(23)17(8-18)11-12(19(2)15(17)22)14(21)10-7-5-4-6-9(10)13(11)20/h4-7H,3,8H2,1-2H3. The van der Waals surface area contributed by atoms with Crippen molar-refractivity contribution in [3.8, 4) is 0 Å². The SMILES string of the molecule is CCOC(=O)C1(CCl)C(=O)N(C)C2=C1C(=O)c1ccccc1C2=O. The van der Waals surface area contributed by atoms with Crippen LogP contribution in [0.5, 0.6) is 0 Å². The summed E-state index contributed by atoms with van der Waals surface area (Å²) in [5.74, 6) is -3.15. The van der Waals surface area contributed by atoms with Crippen molar-refractivity contribution in [3.63, 3.8) is 0 Å². The summed E-state index contributed by atoms with van der Waals surface area (Å²) in [5.41, 5.74) is -1.91. The van der Waals surface area contributed by atoms with Crippen molar-refractivity contribution in [1.29, 1.82) is 0 Å². The van der Waals surface area contributed by atoms with Gasteiger partial charge in [-0.05, 0) is 6.92 Å². The monoisotopic (exact) mass is 347 g/mol. The zero-order valence-corrected chi connectivity index (χ0v) is 13.8. The quantitative estimate of drug-likeness (QED) is 0.471. The van der Waals surface area contributed by atoms with E-state index in [9.17, 15) is 19.2 Å². The van der Waals surface area contributed by atoms with Gasteiger partial charge in [0, 0.05) is 18.2 Å². The second-order valence-electron chi connectivity index (χ2n) is 5.55. The first-order chi connectivity index (χ1) is 11.4. The molecule has 0 saturated heterocycles. The number of amides is 1. The molecule has 0 spiro atoms. The lowest BCUT2D eigenvalue weighted by Gasteiger charge is -2.25. The van der Waals surface area contributed by atoms with Crippen LogP contribution in [0.4, 0.5) is 0 Å². The molecule has 0 N–H and O–H groups in total. The minimum atomic E-state index is -1.98. The number of fused-ring (bicyclic) bond motifs is 1. The first kappa shape index (κ1) is 16.4. The summed E-state index contributed by atoms with van der Waals surface area (Å²) >= 11 is 5.97.